The lowest BCUT2D eigenvalue weighted by atomic mass is 9.67. The van der Waals surface area contributed by atoms with Gasteiger partial charge in [0.05, 0.1) is 44.4 Å². The first-order valence-electron chi connectivity index (χ1n) is 51.5. The van der Waals surface area contributed by atoms with Crippen molar-refractivity contribution in [1.82, 2.24) is 0 Å². The normalized spacial score (nSPS) is 13.2. The van der Waals surface area contributed by atoms with Crippen LogP contribution in [0.25, 0.3) is 110 Å². The van der Waals surface area contributed by atoms with Crippen LogP contribution in [0.2, 0.25) is 0 Å². The molecule has 706 valence electrons. The summed E-state index contributed by atoms with van der Waals surface area (Å²) in [5.74, 6) is 1.02. The van der Waals surface area contributed by atoms with E-state index in [1.807, 2.05) is 0 Å². The van der Waals surface area contributed by atoms with E-state index in [9.17, 15) is 0 Å². The van der Waals surface area contributed by atoms with E-state index in [2.05, 4.69) is 526 Å². The number of nitrogens with zero attached hydrogens (tertiary/aromatic N) is 4. The molecule has 0 aliphatic heterocycles. The van der Waals surface area contributed by atoms with E-state index < -0.39 is 10.8 Å². The molecule has 26 rings (SSSR count). The molecule has 0 spiro atoms. The lowest BCUT2D eigenvalue weighted by Crippen LogP contribution is -2.29. The summed E-state index contributed by atoms with van der Waals surface area (Å²) in [4.78, 5) is 9.90. The molecule has 4 aromatic heterocycles. The molecule has 0 fully saturated rings. The molecule has 2 aliphatic carbocycles. The summed E-state index contributed by atoms with van der Waals surface area (Å²) in [6.45, 7) is 24.9. The Labute approximate surface area is 852 Å². The van der Waals surface area contributed by atoms with Gasteiger partial charge in [-0.15, -0.1) is 0 Å². The Bertz CT molecular complexity index is 9090. The molecule has 24 aromatic rings. The van der Waals surface area contributed by atoms with Gasteiger partial charge in [-0.1, -0.05) is 346 Å². The molecule has 20 aromatic carbocycles. The van der Waals surface area contributed by atoms with Gasteiger partial charge in [-0.3, -0.25) is 0 Å². The van der Waals surface area contributed by atoms with E-state index in [4.69, 9.17) is 17.7 Å². The molecule has 0 bridgehead atoms. The monoisotopic (exact) mass is 1890 g/mol. The van der Waals surface area contributed by atoms with Crippen LogP contribution in [-0.4, -0.2) is 0 Å². The largest absolute Gasteiger partial charge is 0.455 e. The molecule has 0 amide bonds. The molecule has 0 radical (unpaired) electrons. The highest BCUT2D eigenvalue weighted by molar-refractivity contribution is 6.29. The quantitative estimate of drug-likeness (QED) is 0.0665. The lowest BCUT2D eigenvalue weighted by molar-refractivity contribution is 0.666. The number of anilines is 12. The van der Waals surface area contributed by atoms with Crippen LogP contribution in [0, 0.1) is 27.7 Å². The van der Waals surface area contributed by atoms with Crippen molar-refractivity contribution in [2.24, 2.45) is 0 Å². The molecule has 1 atom stereocenters. The number of hydrogen-bond acceptors (Lipinski definition) is 8. The number of furan rings is 4. The van der Waals surface area contributed by atoms with Gasteiger partial charge in [-0.25, -0.2) is 0 Å². The highest BCUT2D eigenvalue weighted by atomic mass is 16.3. The van der Waals surface area contributed by atoms with Crippen molar-refractivity contribution in [2.75, 3.05) is 19.6 Å². The molecule has 8 nitrogen and oxygen atoms in total. The molecule has 146 heavy (non-hydrogen) atoms. The zero-order valence-corrected chi connectivity index (χ0v) is 83.9. The maximum Gasteiger partial charge on any atom is 0.160 e. The summed E-state index contributed by atoms with van der Waals surface area (Å²) in [5.41, 5.74) is 40.6. The summed E-state index contributed by atoms with van der Waals surface area (Å²) < 4.78 is 31.2. The Morgan fingerprint density at radius 1 is 0.219 bits per heavy atom. The topological polar surface area (TPSA) is 65.5 Å². The van der Waals surface area contributed by atoms with Crippen LogP contribution in [0.15, 0.2) is 448 Å². The van der Waals surface area contributed by atoms with Crippen molar-refractivity contribution < 1.29 is 17.7 Å². The van der Waals surface area contributed by atoms with Gasteiger partial charge >= 0.3 is 0 Å². The Morgan fingerprint density at radius 2 is 0.507 bits per heavy atom. The average molecular weight is 1890 g/mol. The molecule has 8 heteroatoms. The zero-order chi connectivity index (χ0) is 98.6. The van der Waals surface area contributed by atoms with E-state index in [0.29, 0.717) is 24.2 Å². The van der Waals surface area contributed by atoms with Gasteiger partial charge in [0.25, 0.3) is 0 Å². The smallest absolute Gasteiger partial charge is 0.160 e. The number of hydrogen-bond donors (Lipinski definition) is 0. The maximum atomic E-state index is 8.16. The van der Waals surface area contributed by atoms with Crippen molar-refractivity contribution in [3.8, 4) is 22.3 Å². The second-order valence-corrected chi connectivity index (χ2v) is 41.3. The second kappa shape index (κ2) is 35.1. The summed E-state index contributed by atoms with van der Waals surface area (Å²) >= 11 is 0. The predicted molar refractivity (Wildman–Crippen MR) is 609 cm³/mol. The Kier molecular flexibility index (Phi) is 21.4. The minimum Gasteiger partial charge on any atom is -0.455 e. The van der Waals surface area contributed by atoms with Crippen molar-refractivity contribution in [2.45, 2.75) is 117 Å². The fraction of sp³-hybridized carbons (Fsp3) is 0.130. The molecular weight excluding hydrogens is 1780 g/mol. The minimum absolute atomic E-state index is 0.0371. The van der Waals surface area contributed by atoms with E-state index in [0.717, 1.165) is 251 Å². The average Bonchev–Trinajstić information content (AvgIpc) is 1.50. The van der Waals surface area contributed by atoms with Gasteiger partial charge in [0.1, 0.15) is 33.5 Å². The van der Waals surface area contributed by atoms with Gasteiger partial charge in [0.15, 0.2) is 11.2 Å². The van der Waals surface area contributed by atoms with E-state index >= 15 is 0 Å². The molecule has 0 saturated heterocycles. The van der Waals surface area contributed by atoms with Crippen molar-refractivity contribution in [3.05, 3.63) is 525 Å². The van der Waals surface area contributed by atoms with Gasteiger partial charge in [-0.05, 0) is 286 Å². The van der Waals surface area contributed by atoms with Crippen LogP contribution < -0.4 is 19.6 Å². The van der Waals surface area contributed by atoms with Crippen molar-refractivity contribution in [1.29, 1.82) is 0 Å². The first kappa shape index (κ1) is 88.9. The van der Waals surface area contributed by atoms with Crippen LogP contribution in [0.4, 0.5) is 68.2 Å². The lowest BCUT2D eigenvalue weighted by Gasteiger charge is -2.36. The second-order valence-electron chi connectivity index (χ2n) is 41.3. The number of aryl methyl sites for hydroxylation is 4. The van der Waals surface area contributed by atoms with Crippen LogP contribution in [0.3, 0.4) is 0 Å². The van der Waals surface area contributed by atoms with E-state index in [-0.39, 0.29) is 5.92 Å². The Hall–Kier alpha value is -17.2. The zero-order valence-electron chi connectivity index (χ0n) is 83.9. The van der Waals surface area contributed by atoms with Crippen molar-refractivity contribution in [3.63, 3.8) is 0 Å². The summed E-state index contributed by atoms with van der Waals surface area (Å²) in [6, 6.07) is 161. The molecule has 4 heterocycles. The van der Waals surface area contributed by atoms with Gasteiger partial charge in [-0.2, -0.15) is 0 Å². The van der Waals surface area contributed by atoms with E-state index in [1.165, 1.54) is 22.3 Å². The number of rotatable bonds is 22. The number of para-hydroxylation sites is 5. The molecule has 2 aliphatic rings. The number of fused-ring (bicyclic) bond motifs is 22. The van der Waals surface area contributed by atoms with Gasteiger partial charge in [0, 0.05) is 100 Å². The first-order chi connectivity index (χ1) is 71.5. The minimum atomic E-state index is -0.975. The SMILES string of the molecule is Cc1ccc(C)c(N(c2ccccc2)c2cc3c(c4c2oc2ccccc24)-c2c(cc(N(c4ccccc4)c4cc(C)ccc4C)c4c2oc2cc(CC(C)c5ccc(N(c6ccc(C(C)C)cc6)c6cc7c(c8c6oc6ccccc68)-c6c(cc(N(c8ccc(C(C)C)cc8)c8ccc(C(C)C)cc8)c8c6oc6ccccc68)C7(c6ccccc6)c6ccccc6)cc5)ccc24)C3(c2ccccc2)c2ccccc2)c1. The fourth-order valence-electron chi connectivity index (χ4n) is 24.4. The Morgan fingerprint density at radius 3 is 0.890 bits per heavy atom. The van der Waals surface area contributed by atoms with E-state index in [1.54, 1.807) is 0 Å². The third-order valence-corrected chi connectivity index (χ3v) is 31.5. The summed E-state index contributed by atoms with van der Waals surface area (Å²) in [7, 11) is 0. The predicted octanol–water partition coefficient (Wildman–Crippen LogP) is 38.8. The maximum absolute atomic E-state index is 8.16. The van der Waals surface area contributed by atoms with Crippen LogP contribution >= 0.6 is 0 Å². The highest BCUT2D eigenvalue weighted by Crippen LogP contribution is 2.68. The summed E-state index contributed by atoms with van der Waals surface area (Å²) in [5, 5.41) is 8.18. The molecule has 0 saturated carbocycles. The Balaban J connectivity index is 0.674. The molecule has 1 unspecified atom stereocenters. The van der Waals surface area contributed by atoms with Crippen LogP contribution in [-0.2, 0) is 17.3 Å². The standard InChI is InChI=1S/C138H110N4O4/c1-84(2)93-59-67-103(68-60-93)139(104-69-61-94(62-70-104)85(3)4)117-80-113-131(135-125(117)107-48-30-33-51-121(107)145-135)129-111(137(113,97-36-18-12-19-37-97)98-38-20-13-21-39-98)82-119(133-127(129)108-49-31-34-52-122(108)143-133)140(105-71-63-95(64-72-105)86(5)6)106-73-65-96(66-74-106)91(11)78-92-58-75-110-124(79-92)146-136-126(110)118(141(101-44-26-16-27-45-101)115-76-87(7)54-56-89(115)9)81-114-132(136)130-112(138(114,99-40-22-14-23-41-99)100-42-24-15-25-43-100)83-120(134-128(130)109-50-32-35-53-123(109)144-134)142(102-46-28-17-29-47-102)116-77-88(8)55-57-90(116)10/h12-77,79-86,91H,78H2,1-11H3. The fourth-order valence-corrected chi connectivity index (χ4v) is 24.4. The summed E-state index contributed by atoms with van der Waals surface area (Å²) in [6.07, 6.45) is 0.714. The molecule has 0 N–H and O–H groups in total. The third kappa shape index (κ3) is 14.0. The highest BCUT2D eigenvalue weighted by Gasteiger charge is 2.53. The third-order valence-electron chi connectivity index (χ3n) is 31.5. The van der Waals surface area contributed by atoms with Crippen LogP contribution in [0.5, 0.6) is 0 Å². The first-order valence-corrected chi connectivity index (χ1v) is 51.5. The molecular formula is C138H110N4O4. The van der Waals surface area contributed by atoms with Gasteiger partial charge < -0.3 is 37.3 Å². The van der Waals surface area contributed by atoms with Crippen LogP contribution in [0.1, 0.15) is 167 Å². The number of benzene rings is 20. The van der Waals surface area contributed by atoms with Gasteiger partial charge in [0.2, 0.25) is 0 Å². The van der Waals surface area contributed by atoms with Crippen molar-refractivity contribution >= 4 is 156 Å².